The normalized spacial score (nSPS) is 11.1. The molecule has 29 heavy (non-hydrogen) atoms. The zero-order chi connectivity index (χ0) is 20.2. The fourth-order valence-corrected chi connectivity index (χ4v) is 3.15. The van der Waals surface area contributed by atoms with Crippen LogP contribution in [0.4, 0.5) is 5.69 Å². The molecule has 0 N–H and O–H groups in total. The minimum atomic E-state index is -0.313. The Kier molecular flexibility index (Phi) is 5.03. The summed E-state index contributed by atoms with van der Waals surface area (Å²) in [6.45, 7) is 0. The summed E-state index contributed by atoms with van der Waals surface area (Å²) >= 11 is 0. The molecule has 0 aliphatic heterocycles. The number of fused-ring (bicyclic) bond motifs is 1. The van der Waals surface area contributed by atoms with Crippen molar-refractivity contribution in [3.63, 3.8) is 0 Å². The molecule has 0 aliphatic rings. The maximum Gasteiger partial charge on any atom is 0.298 e. The molecule has 0 bridgehead atoms. The first-order chi connectivity index (χ1) is 14.1. The summed E-state index contributed by atoms with van der Waals surface area (Å²) < 4.78 is 1.76. The summed E-state index contributed by atoms with van der Waals surface area (Å²) in [7, 11) is 1.81. The Morgan fingerprint density at radius 1 is 0.862 bits per heavy atom. The number of carbonyl (C=O) groups excluding carboxylic acids is 2. The third kappa shape index (κ3) is 3.71. The molecule has 0 atom stereocenters. The molecule has 1 heterocycles. The predicted molar refractivity (Wildman–Crippen MR) is 114 cm³/mol. The molecule has 0 saturated heterocycles. The second-order valence-corrected chi connectivity index (χ2v) is 6.54. The number of aryl methyl sites for hydroxylation is 1. The van der Waals surface area contributed by atoms with E-state index in [0.29, 0.717) is 17.1 Å². The summed E-state index contributed by atoms with van der Waals surface area (Å²) in [4.78, 5) is 31.8. The largest absolute Gasteiger partial charge is 0.323 e. The molecule has 1 aromatic heterocycles. The zero-order valence-corrected chi connectivity index (χ0v) is 15.9. The standard InChI is InChI=1S/C24H19N3O2/c1-26-21-15-9-8-14-20(21)25-23(26)24(29)27(19-12-6-3-7-13-19)17-16-22(28)18-10-4-2-5-11-18/h2-17H,1H3/b17-16+. The van der Waals surface area contributed by atoms with E-state index in [1.165, 1.54) is 17.2 Å². The van der Waals surface area contributed by atoms with Crippen molar-refractivity contribution in [3.05, 3.63) is 109 Å². The van der Waals surface area contributed by atoms with Gasteiger partial charge in [-0.1, -0.05) is 60.7 Å². The van der Waals surface area contributed by atoms with Gasteiger partial charge in [0.25, 0.3) is 5.91 Å². The summed E-state index contributed by atoms with van der Waals surface area (Å²) in [6.07, 6.45) is 2.91. The Balaban J connectivity index is 1.72. The first kappa shape index (κ1) is 18.4. The molecule has 0 fully saturated rings. The van der Waals surface area contributed by atoms with Gasteiger partial charge in [-0.05, 0) is 24.3 Å². The SMILES string of the molecule is Cn1c(C(=O)N(/C=C/C(=O)c2ccccc2)c2ccccc2)nc2ccccc21. The Hall–Kier alpha value is -3.99. The number of carbonyl (C=O) groups is 2. The van der Waals surface area contributed by atoms with Gasteiger partial charge < -0.3 is 4.57 Å². The molecule has 142 valence electrons. The lowest BCUT2D eigenvalue weighted by Gasteiger charge is -2.18. The molecule has 3 aromatic carbocycles. The van der Waals surface area contributed by atoms with Crippen LogP contribution in [0.15, 0.2) is 97.2 Å². The van der Waals surface area contributed by atoms with Crippen LogP contribution in [-0.4, -0.2) is 21.2 Å². The van der Waals surface area contributed by atoms with Gasteiger partial charge in [-0.25, -0.2) is 4.98 Å². The highest BCUT2D eigenvalue weighted by molar-refractivity contribution is 6.09. The Labute approximate surface area is 168 Å². The van der Waals surface area contributed by atoms with Gasteiger partial charge >= 0.3 is 0 Å². The summed E-state index contributed by atoms with van der Waals surface area (Å²) in [5, 5.41) is 0. The maximum atomic E-state index is 13.4. The van der Waals surface area contributed by atoms with Crippen LogP contribution in [0.1, 0.15) is 21.0 Å². The fraction of sp³-hybridized carbons (Fsp3) is 0.0417. The molecule has 0 unspecified atom stereocenters. The van der Waals surface area contributed by atoms with Crippen molar-refractivity contribution < 1.29 is 9.59 Å². The second-order valence-electron chi connectivity index (χ2n) is 6.54. The van der Waals surface area contributed by atoms with E-state index in [9.17, 15) is 9.59 Å². The zero-order valence-electron chi connectivity index (χ0n) is 15.9. The molecule has 0 saturated carbocycles. The predicted octanol–water partition coefficient (Wildman–Crippen LogP) is 4.62. The maximum absolute atomic E-state index is 13.4. The number of allylic oxidation sites excluding steroid dienone is 1. The molecule has 5 nitrogen and oxygen atoms in total. The Morgan fingerprint density at radius 3 is 2.17 bits per heavy atom. The summed E-state index contributed by atoms with van der Waals surface area (Å²) in [5.41, 5.74) is 2.83. The number of para-hydroxylation sites is 3. The molecule has 0 aliphatic carbocycles. The smallest absolute Gasteiger partial charge is 0.298 e. The Morgan fingerprint density at radius 2 is 1.48 bits per heavy atom. The summed E-state index contributed by atoms with van der Waals surface area (Å²) in [6, 6.07) is 25.7. The monoisotopic (exact) mass is 381 g/mol. The van der Waals surface area contributed by atoms with E-state index in [0.717, 1.165) is 11.0 Å². The van der Waals surface area contributed by atoms with Crippen LogP contribution < -0.4 is 4.90 Å². The number of ketones is 1. The number of hydrogen-bond acceptors (Lipinski definition) is 3. The molecule has 4 aromatic rings. The van der Waals surface area contributed by atoms with E-state index in [1.54, 1.807) is 28.8 Å². The first-order valence-corrected chi connectivity index (χ1v) is 9.23. The number of rotatable bonds is 5. The van der Waals surface area contributed by atoms with E-state index in [2.05, 4.69) is 4.98 Å². The van der Waals surface area contributed by atoms with E-state index in [4.69, 9.17) is 0 Å². The number of nitrogens with zero attached hydrogens (tertiary/aromatic N) is 3. The van der Waals surface area contributed by atoms with Crippen molar-refractivity contribution >= 4 is 28.4 Å². The average molecular weight is 381 g/mol. The van der Waals surface area contributed by atoms with Gasteiger partial charge in [-0.3, -0.25) is 14.5 Å². The van der Waals surface area contributed by atoms with Crippen molar-refractivity contribution in [1.29, 1.82) is 0 Å². The number of anilines is 1. The molecule has 0 radical (unpaired) electrons. The molecule has 1 amide bonds. The number of hydrogen-bond donors (Lipinski definition) is 0. The quantitative estimate of drug-likeness (QED) is 0.374. The van der Waals surface area contributed by atoms with Crippen LogP contribution in [-0.2, 0) is 7.05 Å². The van der Waals surface area contributed by atoms with Crippen molar-refractivity contribution in [3.8, 4) is 0 Å². The summed E-state index contributed by atoms with van der Waals surface area (Å²) in [5.74, 6) is -0.191. The van der Waals surface area contributed by atoms with Gasteiger partial charge in [0.1, 0.15) is 0 Å². The fourth-order valence-electron chi connectivity index (χ4n) is 3.15. The minimum Gasteiger partial charge on any atom is -0.323 e. The van der Waals surface area contributed by atoms with E-state index >= 15 is 0 Å². The first-order valence-electron chi connectivity index (χ1n) is 9.23. The van der Waals surface area contributed by atoms with Crippen LogP contribution in [0.3, 0.4) is 0 Å². The van der Waals surface area contributed by atoms with E-state index in [1.807, 2.05) is 67.7 Å². The number of imidazole rings is 1. The van der Waals surface area contributed by atoms with Crippen molar-refractivity contribution in [2.24, 2.45) is 7.05 Å². The van der Waals surface area contributed by atoms with Crippen LogP contribution in [0.2, 0.25) is 0 Å². The number of aromatic nitrogens is 2. The average Bonchev–Trinajstić information content (AvgIpc) is 3.12. The van der Waals surface area contributed by atoms with Crippen molar-refractivity contribution in [1.82, 2.24) is 9.55 Å². The van der Waals surface area contributed by atoms with Crippen LogP contribution in [0, 0.1) is 0 Å². The number of amides is 1. The van der Waals surface area contributed by atoms with Gasteiger partial charge in [0.2, 0.25) is 5.82 Å². The van der Waals surface area contributed by atoms with Gasteiger partial charge in [-0.15, -0.1) is 0 Å². The lowest BCUT2D eigenvalue weighted by Crippen LogP contribution is -2.28. The van der Waals surface area contributed by atoms with E-state index in [-0.39, 0.29) is 11.7 Å². The minimum absolute atomic E-state index is 0.177. The molecular formula is C24H19N3O2. The highest BCUT2D eigenvalue weighted by atomic mass is 16.2. The second kappa shape index (κ2) is 7.94. The van der Waals surface area contributed by atoms with Crippen LogP contribution >= 0.6 is 0 Å². The van der Waals surface area contributed by atoms with Crippen LogP contribution in [0.5, 0.6) is 0 Å². The lowest BCUT2D eigenvalue weighted by atomic mass is 10.1. The molecule has 0 spiro atoms. The highest BCUT2D eigenvalue weighted by Gasteiger charge is 2.22. The van der Waals surface area contributed by atoms with Gasteiger partial charge in [0.05, 0.1) is 11.0 Å². The van der Waals surface area contributed by atoms with Crippen LogP contribution in [0.25, 0.3) is 11.0 Å². The van der Waals surface area contributed by atoms with Gasteiger partial charge in [-0.2, -0.15) is 0 Å². The van der Waals surface area contributed by atoms with Crippen molar-refractivity contribution in [2.45, 2.75) is 0 Å². The van der Waals surface area contributed by atoms with Crippen molar-refractivity contribution in [2.75, 3.05) is 4.90 Å². The molecule has 5 heteroatoms. The van der Waals surface area contributed by atoms with Gasteiger partial charge in [0.15, 0.2) is 5.78 Å². The molecule has 4 rings (SSSR count). The highest BCUT2D eigenvalue weighted by Crippen LogP contribution is 2.20. The number of benzene rings is 3. The third-order valence-corrected chi connectivity index (χ3v) is 4.66. The lowest BCUT2D eigenvalue weighted by molar-refractivity contribution is 0.0985. The third-order valence-electron chi connectivity index (χ3n) is 4.66. The molecular weight excluding hydrogens is 362 g/mol. The topological polar surface area (TPSA) is 55.2 Å². The van der Waals surface area contributed by atoms with E-state index < -0.39 is 0 Å². The van der Waals surface area contributed by atoms with Gasteiger partial charge in [0, 0.05) is 30.6 Å². The Bertz CT molecular complexity index is 1190.